The molecule has 1 amide bonds. The fraction of sp³-hybridized carbons (Fsp3) is 0.929. The Bertz CT molecular complexity index is 267. The summed E-state index contributed by atoms with van der Waals surface area (Å²) in [6.45, 7) is 8.74. The van der Waals surface area contributed by atoms with Gasteiger partial charge in [0.1, 0.15) is 0 Å². The molecule has 0 aromatic rings. The molecule has 4 heteroatoms. The van der Waals surface area contributed by atoms with E-state index in [1.165, 1.54) is 0 Å². The number of carbonyl (C=O) groups is 1. The number of carbonyl (C=O) groups excluding carboxylic acids is 1. The molecule has 0 aromatic carbocycles. The fourth-order valence-electron chi connectivity index (χ4n) is 2.66. The van der Waals surface area contributed by atoms with Gasteiger partial charge in [0, 0.05) is 24.6 Å². The number of aliphatic hydroxyl groups is 1. The summed E-state index contributed by atoms with van der Waals surface area (Å²) >= 11 is 0. The topological polar surface area (TPSA) is 52.6 Å². The molecular weight excluding hydrogens is 228 g/mol. The van der Waals surface area contributed by atoms with Crippen molar-refractivity contribution >= 4 is 5.91 Å². The first-order chi connectivity index (χ1) is 8.53. The lowest BCUT2D eigenvalue weighted by atomic mass is 9.83. The monoisotopic (exact) mass is 256 g/mol. The van der Waals surface area contributed by atoms with Gasteiger partial charge in [0.15, 0.2) is 0 Å². The van der Waals surface area contributed by atoms with E-state index in [0.29, 0.717) is 12.6 Å². The van der Waals surface area contributed by atoms with Crippen molar-refractivity contribution in [2.45, 2.75) is 52.5 Å². The van der Waals surface area contributed by atoms with Gasteiger partial charge >= 0.3 is 0 Å². The van der Waals surface area contributed by atoms with Crippen molar-refractivity contribution in [2.75, 3.05) is 26.2 Å². The third-order valence-electron chi connectivity index (χ3n) is 3.96. The predicted octanol–water partition coefficient (Wildman–Crippen LogP) is 1.39. The molecule has 106 valence electrons. The molecule has 1 rings (SSSR count). The highest BCUT2D eigenvalue weighted by Crippen LogP contribution is 2.28. The lowest BCUT2D eigenvalue weighted by Crippen LogP contribution is -2.48. The van der Waals surface area contributed by atoms with Crippen molar-refractivity contribution in [2.24, 2.45) is 5.41 Å². The second-order valence-electron chi connectivity index (χ2n) is 5.86. The number of rotatable bonds is 6. The molecule has 18 heavy (non-hydrogen) atoms. The van der Waals surface area contributed by atoms with E-state index in [1.807, 2.05) is 0 Å². The first-order valence-electron chi connectivity index (χ1n) is 7.15. The zero-order valence-electron chi connectivity index (χ0n) is 12.0. The number of amides is 1. The van der Waals surface area contributed by atoms with Crippen LogP contribution in [-0.4, -0.2) is 48.2 Å². The van der Waals surface area contributed by atoms with Crippen LogP contribution < -0.4 is 5.32 Å². The van der Waals surface area contributed by atoms with Gasteiger partial charge in [-0.15, -0.1) is 0 Å². The Labute approximate surface area is 111 Å². The second-order valence-corrected chi connectivity index (χ2v) is 5.86. The minimum atomic E-state index is -0.0343. The van der Waals surface area contributed by atoms with Crippen LogP contribution in [0.5, 0.6) is 0 Å². The van der Waals surface area contributed by atoms with E-state index in [0.717, 1.165) is 38.8 Å². The maximum atomic E-state index is 11.9. The Morgan fingerprint density at radius 1 is 1.44 bits per heavy atom. The van der Waals surface area contributed by atoms with E-state index >= 15 is 0 Å². The minimum Gasteiger partial charge on any atom is -0.396 e. The van der Waals surface area contributed by atoms with Crippen LogP contribution in [0.4, 0.5) is 0 Å². The molecule has 1 aliphatic heterocycles. The molecule has 0 saturated carbocycles. The molecule has 1 heterocycles. The number of aliphatic hydroxyl groups excluding tert-OH is 1. The quantitative estimate of drug-likeness (QED) is 0.755. The maximum absolute atomic E-state index is 11.9. The summed E-state index contributed by atoms with van der Waals surface area (Å²) < 4.78 is 0. The number of piperidine rings is 1. The van der Waals surface area contributed by atoms with Crippen molar-refractivity contribution in [1.29, 1.82) is 0 Å². The molecule has 1 fully saturated rings. The second kappa shape index (κ2) is 7.10. The van der Waals surface area contributed by atoms with E-state index in [9.17, 15) is 9.90 Å². The third kappa shape index (κ3) is 4.58. The Balaban J connectivity index is 2.40. The van der Waals surface area contributed by atoms with Gasteiger partial charge in [-0.1, -0.05) is 20.8 Å². The van der Waals surface area contributed by atoms with Gasteiger partial charge in [-0.3, -0.25) is 9.69 Å². The lowest BCUT2D eigenvalue weighted by Gasteiger charge is -2.39. The molecule has 4 nitrogen and oxygen atoms in total. The number of hydrogen-bond donors (Lipinski definition) is 2. The summed E-state index contributed by atoms with van der Waals surface area (Å²) in [6, 6.07) is 0.298. The van der Waals surface area contributed by atoms with Crippen LogP contribution in [0, 0.1) is 5.41 Å². The van der Waals surface area contributed by atoms with Crippen molar-refractivity contribution in [1.82, 2.24) is 10.2 Å². The average Bonchev–Trinajstić information content (AvgIpc) is 2.36. The van der Waals surface area contributed by atoms with Crippen LogP contribution >= 0.6 is 0 Å². The molecule has 0 bridgehead atoms. The van der Waals surface area contributed by atoms with Gasteiger partial charge in [0.2, 0.25) is 5.91 Å². The summed E-state index contributed by atoms with van der Waals surface area (Å²) in [4.78, 5) is 14.1. The minimum absolute atomic E-state index is 0.0343. The van der Waals surface area contributed by atoms with Crippen molar-refractivity contribution in [3.63, 3.8) is 0 Å². The molecule has 2 N–H and O–H groups in total. The van der Waals surface area contributed by atoms with Gasteiger partial charge < -0.3 is 10.4 Å². The summed E-state index contributed by atoms with van der Waals surface area (Å²) in [7, 11) is 0. The summed E-state index contributed by atoms with van der Waals surface area (Å²) in [5.74, 6) is 0.117. The smallest absolute Gasteiger partial charge is 0.234 e. The number of hydrogen-bond acceptors (Lipinski definition) is 3. The lowest BCUT2D eigenvalue weighted by molar-refractivity contribution is -0.124. The number of nitrogens with zero attached hydrogens (tertiary/aromatic N) is 1. The SMILES string of the molecule is CCC(CC)NC(=O)CN1CCC[C@@](C)(CO)C1. The van der Waals surface area contributed by atoms with Crippen molar-refractivity contribution in [3.8, 4) is 0 Å². The largest absolute Gasteiger partial charge is 0.396 e. The Morgan fingerprint density at radius 2 is 2.11 bits per heavy atom. The van der Waals surface area contributed by atoms with Crippen LogP contribution in [0.3, 0.4) is 0 Å². The number of nitrogens with one attached hydrogen (secondary N) is 1. The van der Waals surface area contributed by atoms with E-state index in [-0.39, 0.29) is 17.9 Å². The van der Waals surface area contributed by atoms with Gasteiger partial charge in [-0.05, 0) is 32.2 Å². The highest BCUT2D eigenvalue weighted by Gasteiger charge is 2.31. The van der Waals surface area contributed by atoms with E-state index < -0.39 is 0 Å². The predicted molar refractivity (Wildman–Crippen MR) is 73.4 cm³/mol. The zero-order valence-corrected chi connectivity index (χ0v) is 12.0. The third-order valence-corrected chi connectivity index (χ3v) is 3.96. The number of likely N-dealkylation sites (tertiary alicyclic amines) is 1. The summed E-state index contributed by atoms with van der Waals surface area (Å²) in [5, 5.41) is 12.5. The molecular formula is C14H28N2O2. The first-order valence-corrected chi connectivity index (χ1v) is 7.15. The molecule has 0 aliphatic carbocycles. The van der Waals surface area contributed by atoms with Crippen LogP contribution in [0.1, 0.15) is 46.5 Å². The highest BCUT2D eigenvalue weighted by molar-refractivity contribution is 5.78. The van der Waals surface area contributed by atoms with Crippen LogP contribution in [-0.2, 0) is 4.79 Å². The molecule has 1 aliphatic rings. The Morgan fingerprint density at radius 3 is 2.67 bits per heavy atom. The van der Waals surface area contributed by atoms with Gasteiger partial charge in [0.05, 0.1) is 6.54 Å². The summed E-state index contributed by atoms with van der Waals surface area (Å²) in [6.07, 6.45) is 4.08. The van der Waals surface area contributed by atoms with Crippen molar-refractivity contribution in [3.05, 3.63) is 0 Å². The van der Waals surface area contributed by atoms with Crippen LogP contribution in [0.15, 0.2) is 0 Å². The van der Waals surface area contributed by atoms with E-state index in [2.05, 4.69) is 31.0 Å². The fourth-order valence-corrected chi connectivity index (χ4v) is 2.66. The maximum Gasteiger partial charge on any atom is 0.234 e. The Kier molecular flexibility index (Phi) is 6.09. The molecule has 0 spiro atoms. The molecule has 1 saturated heterocycles. The van der Waals surface area contributed by atoms with Crippen molar-refractivity contribution < 1.29 is 9.90 Å². The average molecular weight is 256 g/mol. The van der Waals surface area contributed by atoms with Crippen LogP contribution in [0.2, 0.25) is 0 Å². The Hall–Kier alpha value is -0.610. The van der Waals surface area contributed by atoms with Gasteiger partial charge in [-0.2, -0.15) is 0 Å². The molecule has 0 unspecified atom stereocenters. The van der Waals surface area contributed by atoms with E-state index in [4.69, 9.17) is 0 Å². The van der Waals surface area contributed by atoms with Crippen LogP contribution in [0.25, 0.3) is 0 Å². The van der Waals surface area contributed by atoms with Gasteiger partial charge in [0.25, 0.3) is 0 Å². The zero-order chi connectivity index (χ0) is 13.6. The molecule has 1 atom stereocenters. The molecule has 0 radical (unpaired) electrons. The standard InChI is InChI=1S/C14H28N2O2/c1-4-12(5-2)15-13(18)9-16-8-6-7-14(3,10-16)11-17/h12,17H,4-11H2,1-3H3,(H,15,18)/t14-/m1/s1. The normalized spacial score (nSPS) is 25.4. The summed E-state index contributed by atoms with van der Waals surface area (Å²) in [5.41, 5.74) is -0.0343. The van der Waals surface area contributed by atoms with E-state index in [1.54, 1.807) is 0 Å². The highest BCUT2D eigenvalue weighted by atomic mass is 16.3. The molecule has 0 aromatic heterocycles. The van der Waals surface area contributed by atoms with Gasteiger partial charge in [-0.25, -0.2) is 0 Å². The first kappa shape index (κ1) is 15.4.